The van der Waals surface area contributed by atoms with E-state index in [-0.39, 0.29) is 0 Å². The van der Waals surface area contributed by atoms with Gasteiger partial charge in [0.15, 0.2) is 0 Å². The first-order chi connectivity index (χ1) is 18.3. The van der Waals surface area contributed by atoms with Crippen LogP contribution in [0.1, 0.15) is 56.6 Å². The highest BCUT2D eigenvalue weighted by Gasteiger charge is 2.39. The van der Waals surface area contributed by atoms with Crippen LogP contribution < -0.4 is 10.2 Å². The summed E-state index contributed by atoms with van der Waals surface area (Å²) in [6, 6.07) is 16.3. The molecule has 3 N–H and O–H groups in total. The van der Waals surface area contributed by atoms with Crippen LogP contribution in [0, 0.1) is 11.3 Å². The summed E-state index contributed by atoms with van der Waals surface area (Å²) < 4.78 is 0. The lowest BCUT2D eigenvalue weighted by molar-refractivity contribution is 0.0447. The Balaban J connectivity index is 1.29. The van der Waals surface area contributed by atoms with Gasteiger partial charge >= 0.3 is 0 Å². The van der Waals surface area contributed by atoms with Gasteiger partial charge in [-0.1, -0.05) is 36.4 Å². The molecule has 0 bridgehead atoms. The van der Waals surface area contributed by atoms with E-state index in [0.717, 1.165) is 41.0 Å². The summed E-state index contributed by atoms with van der Waals surface area (Å²) in [6.07, 6.45) is 9.56. The van der Waals surface area contributed by atoms with E-state index >= 15 is 0 Å². The molecule has 1 aliphatic carbocycles. The molecule has 6 nitrogen and oxygen atoms in total. The van der Waals surface area contributed by atoms with Crippen molar-refractivity contribution in [2.45, 2.75) is 56.7 Å². The maximum atomic E-state index is 11.5. The first-order valence-corrected chi connectivity index (χ1v) is 13.5. The fourth-order valence-corrected chi connectivity index (χ4v) is 5.86. The van der Waals surface area contributed by atoms with Gasteiger partial charge < -0.3 is 20.4 Å². The van der Waals surface area contributed by atoms with E-state index in [9.17, 15) is 15.5 Å². The molecule has 6 heteroatoms. The van der Waals surface area contributed by atoms with Crippen LogP contribution in [-0.2, 0) is 0 Å². The molecular weight excluding hydrogens is 472 g/mol. The first kappa shape index (κ1) is 24.7. The zero-order chi connectivity index (χ0) is 26.5. The molecule has 2 aromatic carbocycles. The Morgan fingerprint density at radius 2 is 1.82 bits per heavy atom. The second-order valence-corrected chi connectivity index (χ2v) is 11.4. The largest absolute Gasteiger partial charge is 0.386 e. The third-order valence-corrected chi connectivity index (χ3v) is 8.37. The van der Waals surface area contributed by atoms with Crippen molar-refractivity contribution in [1.29, 1.82) is 5.26 Å². The average Bonchev–Trinajstić information content (AvgIpc) is 3.78. The van der Waals surface area contributed by atoms with Gasteiger partial charge in [-0.05, 0) is 80.4 Å². The van der Waals surface area contributed by atoms with Crippen LogP contribution in [0.5, 0.6) is 0 Å². The third kappa shape index (κ3) is 4.47. The Hall–Kier alpha value is -3.66. The van der Waals surface area contributed by atoms with Gasteiger partial charge in [0.05, 0.1) is 34.6 Å². The van der Waals surface area contributed by atoms with E-state index in [1.54, 1.807) is 13.8 Å². The highest BCUT2D eigenvalue weighted by atomic mass is 16.3. The number of rotatable bonds is 5. The first-order valence-electron chi connectivity index (χ1n) is 13.5. The van der Waals surface area contributed by atoms with Gasteiger partial charge in [-0.25, -0.2) is 0 Å². The molecule has 0 amide bonds. The van der Waals surface area contributed by atoms with Crippen LogP contribution in [0.15, 0.2) is 72.1 Å². The van der Waals surface area contributed by atoms with Crippen molar-refractivity contribution in [1.82, 2.24) is 10.3 Å². The van der Waals surface area contributed by atoms with Gasteiger partial charge in [0.25, 0.3) is 0 Å². The molecule has 0 atom stereocenters. The van der Waals surface area contributed by atoms with E-state index in [4.69, 9.17) is 4.98 Å². The van der Waals surface area contributed by atoms with Crippen LogP contribution in [-0.4, -0.2) is 46.0 Å². The highest BCUT2D eigenvalue weighted by Crippen LogP contribution is 2.49. The number of benzene rings is 2. The van der Waals surface area contributed by atoms with E-state index < -0.39 is 11.2 Å². The molecule has 38 heavy (non-hydrogen) atoms. The SMILES string of the molecule is CC(C)(O)C1=CC=C(C2(O)CCN(c3cnc4c(-c5ccc(C#N)cc5)cccc4c3C3CC3)CC2)NC1. The summed E-state index contributed by atoms with van der Waals surface area (Å²) in [4.78, 5) is 7.37. The summed E-state index contributed by atoms with van der Waals surface area (Å²) in [6.45, 7) is 5.62. The van der Waals surface area contributed by atoms with Gasteiger partial charge in [0.1, 0.15) is 5.60 Å². The number of allylic oxidation sites excluding steroid dienone is 2. The lowest BCUT2D eigenvalue weighted by Gasteiger charge is -2.42. The second kappa shape index (κ2) is 9.27. The third-order valence-electron chi connectivity index (χ3n) is 8.37. The Labute approximate surface area is 223 Å². The number of aliphatic hydroxyl groups is 2. The van der Waals surface area contributed by atoms with Crippen molar-refractivity contribution in [3.63, 3.8) is 0 Å². The fraction of sp³-hybridized carbons (Fsp3) is 0.375. The standard InChI is InChI=1S/C32H34N4O2/c1-31(2,37)24-12-13-28(34-19-24)32(38)14-16-36(17-15-32)27-20-35-30-25(22-8-6-21(18-33)7-9-22)4-3-5-26(30)29(27)23-10-11-23/h3-9,12-13,20,23,34,37-38H,10-11,14-17,19H2,1-2H3. The zero-order valence-corrected chi connectivity index (χ0v) is 22.0. The molecule has 1 saturated carbocycles. The number of piperidine rings is 1. The van der Waals surface area contributed by atoms with Crippen molar-refractivity contribution < 1.29 is 10.2 Å². The topological polar surface area (TPSA) is 92.4 Å². The number of nitriles is 1. The minimum atomic E-state index is -0.898. The molecule has 1 saturated heterocycles. The fourth-order valence-electron chi connectivity index (χ4n) is 5.86. The van der Waals surface area contributed by atoms with Crippen molar-refractivity contribution in [2.24, 2.45) is 0 Å². The van der Waals surface area contributed by atoms with Crippen molar-refractivity contribution in [3.05, 3.63) is 83.2 Å². The molecular formula is C32H34N4O2. The molecule has 0 radical (unpaired) electrons. The molecule has 3 aliphatic rings. The summed E-state index contributed by atoms with van der Waals surface area (Å²) in [5, 5.41) is 35.6. The van der Waals surface area contributed by atoms with E-state index in [1.807, 2.05) is 42.6 Å². The summed E-state index contributed by atoms with van der Waals surface area (Å²) in [5.41, 5.74) is 6.36. The molecule has 0 spiro atoms. The molecule has 3 aromatic rings. The monoisotopic (exact) mass is 506 g/mol. The number of hydrogen-bond donors (Lipinski definition) is 3. The predicted molar refractivity (Wildman–Crippen MR) is 151 cm³/mol. The molecule has 1 aromatic heterocycles. The number of aromatic nitrogens is 1. The molecule has 6 rings (SSSR count). The summed E-state index contributed by atoms with van der Waals surface area (Å²) >= 11 is 0. The Bertz CT molecular complexity index is 1480. The second-order valence-electron chi connectivity index (χ2n) is 11.4. The average molecular weight is 507 g/mol. The van der Waals surface area contributed by atoms with Crippen LogP contribution in [0.25, 0.3) is 22.0 Å². The lowest BCUT2D eigenvalue weighted by atomic mass is 9.85. The normalized spacial score (nSPS) is 19.4. The van der Waals surface area contributed by atoms with Crippen LogP contribution in [0.3, 0.4) is 0 Å². The van der Waals surface area contributed by atoms with Crippen molar-refractivity contribution in [3.8, 4) is 17.2 Å². The number of dihydropyridines is 1. The van der Waals surface area contributed by atoms with Gasteiger partial charge in [0, 0.05) is 36.3 Å². The number of nitrogens with one attached hydrogen (secondary N) is 1. The van der Waals surface area contributed by atoms with E-state index in [1.165, 1.54) is 29.5 Å². The van der Waals surface area contributed by atoms with Crippen LogP contribution >= 0.6 is 0 Å². The summed E-state index contributed by atoms with van der Waals surface area (Å²) in [7, 11) is 0. The number of pyridine rings is 1. The van der Waals surface area contributed by atoms with Crippen molar-refractivity contribution >= 4 is 16.6 Å². The number of nitrogens with zero attached hydrogens (tertiary/aromatic N) is 3. The minimum Gasteiger partial charge on any atom is -0.386 e. The number of hydrogen-bond acceptors (Lipinski definition) is 6. The van der Waals surface area contributed by atoms with Gasteiger partial charge in [-0.3, -0.25) is 4.98 Å². The van der Waals surface area contributed by atoms with Gasteiger partial charge in [-0.15, -0.1) is 0 Å². The lowest BCUT2D eigenvalue weighted by Crippen LogP contribution is -2.50. The molecule has 194 valence electrons. The molecule has 3 heterocycles. The molecule has 0 unspecified atom stereocenters. The van der Waals surface area contributed by atoms with Crippen LogP contribution in [0.2, 0.25) is 0 Å². The van der Waals surface area contributed by atoms with E-state index in [0.29, 0.717) is 30.9 Å². The quantitative estimate of drug-likeness (QED) is 0.442. The Morgan fingerprint density at radius 1 is 1.08 bits per heavy atom. The maximum Gasteiger partial charge on any atom is 0.107 e. The van der Waals surface area contributed by atoms with Gasteiger partial charge in [0.2, 0.25) is 0 Å². The predicted octanol–water partition coefficient (Wildman–Crippen LogP) is 5.17. The van der Waals surface area contributed by atoms with Gasteiger partial charge in [-0.2, -0.15) is 5.26 Å². The Morgan fingerprint density at radius 3 is 2.42 bits per heavy atom. The number of para-hydroxylation sites is 1. The summed E-state index contributed by atoms with van der Waals surface area (Å²) in [5.74, 6) is 0.542. The zero-order valence-electron chi connectivity index (χ0n) is 22.0. The van der Waals surface area contributed by atoms with Crippen molar-refractivity contribution in [2.75, 3.05) is 24.5 Å². The Kier molecular flexibility index (Phi) is 6.02. The minimum absolute atomic E-state index is 0.542. The number of anilines is 1. The molecule has 2 fully saturated rings. The smallest absolute Gasteiger partial charge is 0.107 e. The van der Waals surface area contributed by atoms with E-state index in [2.05, 4.69) is 34.5 Å². The number of fused-ring (bicyclic) bond motifs is 1. The highest BCUT2D eigenvalue weighted by molar-refractivity contribution is 5.98. The van der Waals surface area contributed by atoms with Crippen LogP contribution in [0.4, 0.5) is 5.69 Å². The maximum absolute atomic E-state index is 11.5. The molecule has 2 aliphatic heterocycles.